The Hall–Kier alpha value is -3.13. The van der Waals surface area contributed by atoms with Crippen LogP contribution in [0.3, 0.4) is 0 Å². The molecule has 0 fully saturated rings. The number of benzene rings is 3. The number of hydrogen-bond donors (Lipinski definition) is 0. The summed E-state index contributed by atoms with van der Waals surface area (Å²) in [5.74, 6) is -0.289. The summed E-state index contributed by atoms with van der Waals surface area (Å²) in [5.41, 5.74) is 5.01. The predicted octanol–water partition coefficient (Wildman–Crippen LogP) is 5.45. The molecular weight excluding hydrogens is 308 g/mol. The van der Waals surface area contributed by atoms with Gasteiger partial charge in [0, 0.05) is 0 Å². The van der Waals surface area contributed by atoms with Crippen molar-refractivity contribution in [3.05, 3.63) is 107 Å². The molecule has 3 aromatic rings. The van der Waals surface area contributed by atoms with E-state index in [-0.39, 0.29) is 5.97 Å². The third kappa shape index (κ3) is 4.24. The van der Waals surface area contributed by atoms with E-state index in [4.69, 9.17) is 4.74 Å². The average Bonchev–Trinajstić information content (AvgIpc) is 2.68. The summed E-state index contributed by atoms with van der Waals surface area (Å²) < 4.78 is 5.06. The van der Waals surface area contributed by atoms with Gasteiger partial charge in [-0.1, -0.05) is 72.8 Å². The second-order valence-corrected chi connectivity index (χ2v) is 5.63. The number of carbonyl (C=O) groups is 1. The maximum atomic E-state index is 11.9. The predicted molar refractivity (Wildman–Crippen MR) is 102 cm³/mol. The molecule has 0 radical (unpaired) electrons. The summed E-state index contributed by atoms with van der Waals surface area (Å²) >= 11 is 0. The average molecular weight is 328 g/mol. The molecule has 0 saturated heterocycles. The van der Waals surface area contributed by atoms with Gasteiger partial charge in [-0.2, -0.15) is 0 Å². The zero-order valence-electron chi connectivity index (χ0n) is 14.2. The molecule has 25 heavy (non-hydrogen) atoms. The van der Waals surface area contributed by atoms with Crippen LogP contribution in [0.1, 0.15) is 34.0 Å². The van der Waals surface area contributed by atoms with Crippen LogP contribution in [-0.4, -0.2) is 12.6 Å². The fourth-order valence-corrected chi connectivity index (χ4v) is 2.67. The summed E-state index contributed by atoms with van der Waals surface area (Å²) in [5, 5.41) is 0. The van der Waals surface area contributed by atoms with Crippen LogP contribution in [0.4, 0.5) is 0 Å². The number of esters is 1. The van der Waals surface area contributed by atoms with E-state index < -0.39 is 0 Å². The summed E-state index contributed by atoms with van der Waals surface area (Å²) in [4.78, 5) is 11.9. The third-order valence-electron chi connectivity index (χ3n) is 3.90. The minimum Gasteiger partial charge on any atom is -0.462 e. The first-order valence-corrected chi connectivity index (χ1v) is 8.37. The minimum absolute atomic E-state index is 0.289. The number of ether oxygens (including phenoxy) is 1. The van der Waals surface area contributed by atoms with E-state index in [1.54, 1.807) is 0 Å². The zero-order chi connectivity index (χ0) is 17.5. The van der Waals surface area contributed by atoms with Gasteiger partial charge in [0.05, 0.1) is 12.2 Å². The van der Waals surface area contributed by atoms with E-state index >= 15 is 0 Å². The fourth-order valence-electron chi connectivity index (χ4n) is 2.67. The number of hydrogen-bond acceptors (Lipinski definition) is 2. The second kappa shape index (κ2) is 8.11. The molecule has 0 aliphatic rings. The van der Waals surface area contributed by atoms with Crippen molar-refractivity contribution >= 4 is 17.6 Å². The van der Waals surface area contributed by atoms with Crippen molar-refractivity contribution in [2.75, 3.05) is 6.61 Å². The highest BCUT2D eigenvalue weighted by Crippen LogP contribution is 2.26. The van der Waals surface area contributed by atoms with Gasteiger partial charge in [0.15, 0.2) is 0 Å². The molecule has 0 N–H and O–H groups in total. The Balaban J connectivity index is 2.01. The largest absolute Gasteiger partial charge is 0.462 e. The Morgan fingerprint density at radius 3 is 1.88 bits per heavy atom. The molecule has 0 saturated carbocycles. The van der Waals surface area contributed by atoms with Gasteiger partial charge in [-0.05, 0) is 47.4 Å². The maximum absolute atomic E-state index is 11.9. The van der Waals surface area contributed by atoms with Gasteiger partial charge in [0.2, 0.25) is 0 Å². The summed E-state index contributed by atoms with van der Waals surface area (Å²) in [6.45, 7) is 2.19. The van der Waals surface area contributed by atoms with E-state index in [9.17, 15) is 4.79 Å². The Morgan fingerprint density at radius 1 is 0.760 bits per heavy atom. The van der Waals surface area contributed by atoms with E-state index in [0.717, 1.165) is 22.3 Å². The SMILES string of the molecule is CCOC(=O)c1ccc(/C(=C/c2ccccc2)c2ccccc2)cc1. The lowest BCUT2D eigenvalue weighted by Crippen LogP contribution is -2.04. The molecule has 0 atom stereocenters. The van der Waals surface area contributed by atoms with Crippen LogP contribution in [0, 0.1) is 0 Å². The third-order valence-corrected chi connectivity index (χ3v) is 3.90. The molecule has 3 rings (SSSR count). The molecule has 124 valence electrons. The summed E-state index contributed by atoms with van der Waals surface area (Å²) in [6, 6.07) is 28.0. The molecule has 2 nitrogen and oxygen atoms in total. The van der Waals surface area contributed by atoms with Crippen LogP contribution in [-0.2, 0) is 4.74 Å². The van der Waals surface area contributed by atoms with Gasteiger partial charge in [-0.25, -0.2) is 4.79 Å². The highest BCUT2D eigenvalue weighted by molar-refractivity contribution is 5.93. The first kappa shape index (κ1) is 16.7. The van der Waals surface area contributed by atoms with E-state index in [0.29, 0.717) is 12.2 Å². The van der Waals surface area contributed by atoms with Gasteiger partial charge >= 0.3 is 5.97 Å². The van der Waals surface area contributed by atoms with Crippen molar-refractivity contribution in [2.45, 2.75) is 6.92 Å². The van der Waals surface area contributed by atoms with Gasteiger partial charge in [0.25, 0.3) is 0 Å². The number of rotatable bonds is 5. The van der Waals surface area contributed by atoms with Crippen molar-refractivity contribution in [2.24, 2.45) is 0 Å². The minimum atomic E-state index is -0.289. The summed E-state index contributed by atoms with van der Waals surface area (Å²) in [6.07, 6.45) is 2.16. The van der Waals surface area contributed by atoms with Gasteiger partial charge in [-0.3, -0.25) is 0 Å². The Bertz CT molecular complexity index is 848. The summed E-state index contributed by atoms with van der Waals surface area (Å²) in [7, 11) is 0. The topological polar surface area (TPSA) is 26.3 Å². The van der Waals surface area contributed by atoms with Gasteiger partial charge in [0.1, 0.15) is 0 Å². The van der Waals surface area contributed by atoms with Crippen LogP contribution in [0.15, 0.2) is 84.9 Å². The van der Waals surface area contributed by atoms with Gasteiger partial charge in [-0.15, -0.1) is 0 Å². The Labute approximate surface area is 148 Å². The molecule has 0 amide bonds. The van der Waals surface area contributed by atoms with Crippen molar-refractivity contribution in [1.29, 1.82) is 0 Å². The van der Waals surface area contributed by atoms with E-state index in [1.807, 2.05) is 67.6 Å². The molecule has 0 aromatic heterocycles. The molecule has 0 aliphatic heterocycles. The molecule has 0 aliphatic carbocycles. The smallest absolute Gasteiger partial charge is 0.338 e. The zero-order valence-corrected chi connectivity index (χ0v) is 14.2. The molecule has 0 unspecified atom stereocenters. The molecule has 3 aromatic carbocycles. The Kier molecular flexibility index (Phi) is 5.43. The number of carbonyl (C=O) groups excluding carboxylic acids is 1. The highest BCUT2D eigenvalue weighted by Gasteiger charge is 2.09. The lowest BCUT2D eigenvalue weighted by atomic mass is 9.95. The molecule has 0 bridgehead atoms. The maximum Gasteiger partial charge on any atom is 0.338 e. The van der Waals surface area contributed by atoms with Crippen molar-refractivity contribution in [3.8, 4) is 0 Å². The van der Waals surface area contributed by atoms with Crippen LogP contribution in [0.2, 0.25) is 0 Å². The molecule has 0 heterocycles. The lowest BCUT2D eigenvalue weighted by Gasteiger charge is -2.10. The van der Waals surface area contributed by atoms with Crippen LogP contribution < -0.4 is 0 Å². The van der Waals surface area contributed by atoms with E-state index in [2.05, 4.69) is 30.3 Å². The van der Waals surface area contributed by atoms with Gasteiger partial charge < -0.3 is 4.74 Å². The van der Waals surface area contributed by atoms with Crippen LogP contribution in [0.5, 0.6) is 0 Å². The normalized spacial score (nSPS) is 11.2. The molecule has 0 spiro atoms. The van der Waals surface area contributed by atoms with Crippen molar-refractivity contribution in [1.82, 2.24) is 0 Å². The fraction of sp³-hybridized carbons (Fsp3) is 0.0870. The molecule has 2 heteroatoms. The van der Waals surface area contributed by atoms with E-state index in [1.165, 1.54) is 0 Å². The van der Waals surface area contributed by atoms with Crippen LogP contribution >= 0.6 is 0 Å². The van der Waals surface area contributed by atoms with Crippen molar-refractivity contribution < 1.29 is 9.53 Å². The van der Waals surface area contributed by atoms with Crippen molar-refractivity contribution in [3.63, 3.8) is 0 Å². The van der Waals surface area contributed by atoms with Crippen LogP contribution in [0.25, 0.3) is 11.6 Å². The Morgan fingerprint density at radius 2 is 1.28 bits per heavy atom. The monoisotopic (exact) mass is 328 g/mol. The first-order chi connectivity index (χ1) is 12.3. The highest BCUT2D eigenvalue weighted by atomic mass is 16.5. The first-order valence-electron chi connectivity index (χ1n) is 8.37. The standard InChI is InChI=1S/C23H20O2/c1-2-25-23(24)21-15-13-20(14-16-21)22(19-11-7-4-8-12-19)17-18-9-5-3-6-10-18/h3-17H,2H2,1H3/b22-17+. The quantitative estimate of drug-likeness (QED) is 0.460. The molecular formula is C23H20O2. The lowest BCUT2D eigenvalue weighted by molar-refractivity contribution is 0.0526. The second-order valence-electron chi connectivity index (χ2n) is 5.63.